The van der Waals surface area contributed by atoms with Gasteiger partial charge in [0.15, 0.2) is 0 Å². The maximum atomic E-state index is 10.1. The molecule has 0 radical (unpaired) electrons. The van der Waals surface area contributed by atoms with Crippen molar-refractivity contribution in [2.45, 2.75) is 0 Å². The topological polar surface area (TPSA) is 52.6 Å². The van der Waals surface area contributed by atoms with Crippen LogP contribution in [-0.4, -0.2) is 49.4 Å². The summed E-state index contributed by atoms with van der Waals surface area (Å²) in [6.07, 6.45) is 0.640. The monoisotopic (exact) mass is 308 g/mol. The summed E-state index contributed by atoms with van der Waals surface area (Å²) < 4.78 is 9.36. The van der Waals surface area contributed by atoms with Crippen molar-refractivity contribution in [3.63, 3.8) is 0 Å². The molecule has 0 aromatic rings. The lowest BCUT2D eigenvalue weighted by Gasteiger charge is -2.00. The van der Waals surface area contributed by atoms with Crippen LogP contribution in [0.1, 0.15) is 0 Å². The van der Waals surface area contributed by atoms with Crippen molar-refractivity contribution in [1.82, 2.24) is 0 Å². The molecule has 0 saturated carbocycles. The first-order valence-corrected chi connectivity index (χ1v) is 7.64. The summed E-state index contributed by atoms with van der Waals surface area (Å²) in [6.45, 7) is 1.11. The molecule has 0 spiro atoms. The average Bonchev–Trinajstić information content (AvgIpc) is 2.28. The van der Waals surface area contributed by atoms with Crippen molar-refractivity contribution in [3.8, 4) is 0 Å². The molecule has 0 N–H and O–H groups in total. The molecule has 0 rings (SSSR count). The van der Waals surface area contributed by atoms with Gasteiger partial charge in [0.1, 0.15) is 12.9 Å². The van der Waals surface area contributed by atoms with Crippen LogP contribution in [0.25, 0.3) is 0 Å². The smallest absolute Gasteiger partial charge is 0.403 e. The molecule has 0 aliphatic heterocycles. The lowest BCUT2D eigenvalue weighted by molar-refractivity contribution is -0.105. The van der Waals surface area contributed by atoms with E-state index in [1.165, 1.54) is 0 Å². The van der Waals surface area contributed by atoms with Crippen molar-refractivity contribution >= 4 is 56.5 Å². The molecule has 0 bridgehead atoms. The molecule has 0 fully saturated rings. The number of methoxy groups -OCH3 is 1. The standard InChI is InChI=1S/C6H11ClO3S2.C2H3ClO/c1-9-2-4-11-12-5-3-10-6(7)8;3-1-2-4/h2-5H2,1H3;2H,1H2. The van der Waals surface area contributed by atoms with Gasteiger partial charge in [-0.15, -0.1) is 11.6 Å². The Balaban J connectivity index is 0. The maximum Gasteiger partial charge on any atom is 0.403 e. The Morgan fingerprint density at radius 2 is 1.81 bits per heavy atom. The van der Waals surface area contributed by atoms with Crippen LogP contribution in [0.3, 0.4) is 0 Å². The van der Waals surface area contributed by atoms with E-state index >= 15 is 0 Å². The predicted octanol–water partition coefficient (Wildman–Crippen LogP) is 2.81. The van der Waals surface area contributed by atoms with E-state index in [2.05, 4.69) is 4.74 Å². The minimum absolute atomic E-state index is 0.111. The normalized spacial score (nSPS) is 8.94. The number of aldehydes is 1. The first-order valence-electron chi connectivity index (χ1n) is 4.24. The van der Waals surface area contributed by atoms with Crippen molar-refractivity contribution in [2.75, 3.05) is 37.7 Å². The Morgan fingerprint density at radius 3 is 2.19 bits per heavy atom. The van der Waals surface area contributed by atoms with Gasteiger partial charge in [0, 0.05) is 30.2 Å². The minimum Gasteiger partial charge on any atom is -0.453 e. The Hall–Kier alpha value is 0.380. The second kappa shape index (κ2) is 17.8. The number of halogens is 2. The molecule has 0 unspecified atom stereocenters. The number of hydrogen-bond donors (Lipinski definition) is 0. The largest absolute Gasteiger partial charge is 0.453 e. The van der Waals surface area contributed by atoms with Gasteiger partial charge in [0.25, 0.3) is 0 Å². The molecule has 0 aliphatic carbocycles. The van der Waals surface area contributed by atoms with E-state index in [0.717, 1.165) is 18.1 Å². The van der Waals surface area contributed by atoms with E-state index in [4.69, 9.17) is 32.7 Å². The lowest BCUT2D eigenvalue weighted by Crippen LogP contribution is -1.98. The SMILES string of the molecule is COCCSSCCOC(=O)Cl.O=CCCl. The van der Waals surface area contributed by atoms with Crippen LogP contribution in [0.4, 0.5) is 4.79 Å². The maximum absolute atomic E-state index is 10.1. The molecule has 0 aliphatic rings. The highest BCUT2D eigenvalue weighted by atomic mass is 35.5. The summed E-state index contributed by atoms with van der Waals surface area (Å²) in [6, 6.07) is 0. The van der Waals surface area contributed by atoms with Crippen LogP contribution in [0.2, 0.25) is 0 Å². The highest BCUT2D eigenvalue weighted by Crippen LogP contribution is 2.20. The molecule has 96 valence electrons. The molecule has 0 saturated heterocycles. The third-order valence-electron chi connectivity index (χ3n) is 0.899. The zero-order valence-electron chi connectivity index (χ0n) is 8.82. The number of carbonyl (C=O) groups excluding carboxylic acids is 2. The molecule has 0 aromatic heterocycles. The van der Waals surface area contributed by atoms with Crippen LogP contribution in [0.15, 0.2) is 0 Å². The van der Waals surface area contributed by atoms with Gasteiger partial charge in [0.05, 0.1) is 12.5 Å². The number of hydrogen-bond acceptors (Lipinski definition) is 6. The number of carbonyl (C=O) groups is 2. The molecule has 0 amide bonds. The van der Waals surface area contributed by atoms with Crippen LogP contribution in [0.5, 0.6) is 0 Å². The van der Waals surface area contributed by atoms with Crippen LogP contribution in [0, 0.1) is 0 Å². The fourth-order valence-corrected chi connectivity index (χ4v) is 2.21. The van der Waals surface area contributed by atoms with Crippen LogP contribution >= 0.6 is 44.8 Å². The van der Waals surface area contributed by atoms with Crippen molar-refractivity contribution < 1.29 is 19.1 Å². The highest BCUT2D eigenvalue weighted by Gasteiger charge is 1.95. The zero-order chi connectivity index (χ0) is 12.6. The van der Waals surface area contributed by atoms with E-state index in [-0.39, 0.29) is 5.88 Å². The van der Waals surface area contributed by atoms with Crippen molar-refractivity contribution in [2.24, 2.45) is 0 Å². The van der Waals surface area contributed by atoms with Gasteiger partial charge in [-0.3, -0.25) is 0 Å². The Labute approximate surface area is 113 Å². The number of ether oxygens (including phenoxy) is 2. The third kappa shape index (κ3) is 23.9. The van der Waals surface area contributed by atoms with E-state index in [1.807, 2.05) is 0 Å². The van der Waals surface area contributed by atoms with E-state index in [1.54, 1.807) is 28.7 Å². The van der Waals surface area contributed by atoms with Gasteiger partial charge < -0.3 is 14.3 Å². The molecule has 0 aromatic carbocycles. The van der Waals surface area contributed by atoms with Gasteiger partial charge in [0.2, 0.25) is 0 Å². The Bertz CT molecular complexity index is 172. The quantitative estimate of drug-likeness (QED) is 0.226. The zero-order valence-corrected chi connectivity index (χ0v) is 12.0. The Kier molecular flexibility index (Phi) is 20.8. The van der Waals surface area contributed by atoms with Gasteiger partial charge in [-0.2, -0.15) is 0 Å². The summed E-state index contributed by atoms with van der Waals surface area (Å²) >= 11 is 9.76. The van der Waals surface area contributed by atoms with Crippen molar-refractivity contribution in [3.05, 3.63) is 0 Å². The van der Waals surface area contributed by atoms with Gasteiger partial charge >= 0.3 is 5.43 Å². The molecular formula is C8H14Cl2O4S2. The number of rotatable bonds is 8. The lowest BCUT2D eigenvalue weighted by atomic mass is 10.9. The van der Waals surface area contributed by atoms with Crippen LogP contribution in [-0.2, 0) is 14.3 Å². The third-order valence-corrected chi connectivity index (χ3v) is 3.47. The van der Waals surface area contributed by atoms with Gasteiger partial charge in [-0.1, -0.05) is 21.6 Å². The second-order valence-electron chi connectivity index (χ2n) is 2.04. The first kappa shape index (κ1) is 18.7. The van der Waals surface area contributed by atoms with Gasteiger partial charge in [-0.25, -0.2) is 4.79 Å². The van der Waals surface area contributed by atoms with Gasteiger partial charge in [-0.05, 0) is 0 Å². The molecule has 4 nitrogen and oxygen atoms in total. The molecular weight excluding hydrogens is 295 g/mol. The molecule has 0 heterocycles. The second-order valence-corrected chi connectivity index (χ2v) is 5.36. The highest BCUT2D eigenvalue weighted by molar-refractivity contribution is 8.76. The fraction of sp³-hybridized carbons (Fsp3) is 0.750. The van der Waals surface area contributed by atoms with Crippen LogP contribution < -0.4 is 0 Å². The number of alkyl halides is 1. The first-order chi connectivity index (χ1) is 7.68. The fourth-order valence-electron chi connectivity index (χ4n) is 0.391. The van der Waals surface area contributed by atoms with Crippen molar-refractivity contribution in [1.29, 1.82) is 0 Å². The van der Waals surface area contributed by atoms with E-state index < -0.39 is 5.43 Å². The Morgan fingerprint density at radius 1 is 1.31 bits per heavy atom. The summed E-state index contributed by atoms with van der Waals surface area (Å²) in [4.78, 5) is 19.1. The van der Waals surface area contributed by atoms with E-state index in [0.29, 0.717) is 12.9 Å². The van der Waals surface area contributed by atoms with E-state index in [9.17, 15) is 4.79 Å². The molecule has 8 heteroatoms. The summed E-state index contributed by atoms with van der Waals surface area (Å²) in [5, 5.41) is 0. The predicted molar refractivity (Wildman–Crippen MR) is 70.8 cm³/mol. The summed E-state index contributed by atoms with van der Waals surface area (Å²) in [7, 11) is 4.99. The summed E-state index contributed by atoms with van der Waals surface area (Å²) in [5.41, 5.74) is -0.738. The molecule has 0 atom stereocenters. The minimum atomic E-state index is -0.738. The average molecular weight is 309 g/mol. The molecule has 16 heavy (non-hydrogen) atoms. The summed E-state index contributed by atoms with van der Waals surface area (Å²) in [5.74, 6) is 1.81.